The topological polar surface area (TPSA) is 54.5 Å². The molecular weight excluding hydrogens is 412 g/mol. The summed E-state index contributed by atoms with van der Waals surface area (Å²) in [6.45, 7) is 1.87. The minimum Gasteiger partial charge on any atom is -0.262 e. The van der Waals surface area contributed by atoms with Crippen LogP contribution >= 0.6 is 27.7 Å². The summed E-state index contributed by atoms with van der Waals surface area (Å²) in [5.74, 6) is -0.226. The number of aromatic nitrogens is 4. The summed E-state index contributed by atoms with van der Waals surface area (Å²) in [5, 5.41) is 7.14. The molecule has 1 aromatic carbocycles. The lowest BCUT2D eigenvalue weighted by Gasteiger charge is -2.11. The van der Waals surface area contributed by atoms with E-state index in [1.165, 1.54) is 6.07 Å². The Bertz CT molecular complexity index is 910. The number of nitrogens with zero attached hydrogens (tertiary/aromatic N) is 3. The van der Waals surface area contributed by atoms with E-state index in [-0.39, 0.29) is 21.0 Å². The molecule has 0 unspecified atom stereocenters. The van der Waals surface area contributed by atoms with Gasteiger partial charge in [0.2, 0.25) is 5.16 Å². The summed E-state index contributed by atoms with van der Waals surface area (Å²) in [7, 11) is 0. The average Bonchev–Trinajstić information content (AvgIpc) is 2.94. The highest BCUT2D eigenvalue weighted by Crippen LogP contribution is 2.38. The minimum atomic E-state index is -4.68. The van der Waals surface area contributed by atoms with Crippen LogP contribution in [0, 0.1) is 5.82 Å². The standard InChI is InChI=1S/C14H9BrF4N4S/c1-2-11-21-13(23-22-11)24-9-5-10(14(17,18)19)20-12-7(9)3-6(15)4-8(12)16/h3-5H,2H2,1H3,(H,21,22,23). The number of fused-ring (bicyclic) bond motifs is 1. The van der Waals surface area contributed by atoms with Crippen LogP contribution in [0.25, 0.3) is 10.9 Å². The van der Waals surface area contributed by atoms with Crippen LogP contribution < -0.4 is 0 Å². The van der Waals surface area contributed by atoms with Crippen molar-refractivity contribution in [3.8, 4) is 0 Å². The van der Waals surface area contributed by atoms with Gasteiger partial charge in [0.15, 0.2) is 5.82 Å². The maximum absolute atomic E-state index is 14.1. The van der Waals surface area contributed by atoms with E-state index < -0.39 is 17.7 Å². The Labute approximate surface area is 146 Å². The first-order valence-electron chi connectivity index (χ1n) is 6.74. The second kappa shape index (κ2) is 6.32. The van der Waals surface area contributed by atoms with Gasteiger partial charge in [-0.25, -0.2) is 14.4 Å². The van der Waals surface area contributed by atoms with Gasteiger partial charge < -0.3 is 0 Å². The zero-order chi connectivity index (χ0) is 17.5. The second-order valence-electron chi connectivity index (χ2n) is 4.81. The summed E-state index contributed by atoms with van der Waals surface area (Å²) < 4.78 is 53.7. The van der Waals surface area contributed by atoms with E-state index in [0.717, 1.165) is 23.9 Å². The normalized spacial score (nSPS) is 12.1. The zero-order valence-corrected chi connectivity index (χ0v) is 14.5. The summed E-state index contributed by atoms with van der Waals surface area (Å²) in [5.41, 5.74) is -1.51. The molecule has 0 aliphatic carbocycles. The number of pyridine rings is 1. The molecule has 0 amide bonds. The molecule has 0 fully saturated rings. The number of aryl methyl sites for hydroxylation is 1. The quantitative estimate of drug-likeness (QED) is 0.606. The van der Waals surface area contributed by atoms with Gasteiger partial charge in [-0.05, 0) is 30.0 Å². The number of alkyl halides is 3. The lowest BCUT2D eigenvalue weighted by molar-refractivity contribution is -0.141. The molecular formula is C14H9BrF4N4S. The summed E-state index contributed by atoms with van der Waals surface area (Å²) in [4.78, 5) is 7.76. The Morgan fingerprint density at radius 2 is 1.96 bits per heavy atom. The predicted molar refractivity (Wildman–Crippen MR) is 84.3 cm³/mol. The number of benzene rings is 1. The highest BCUT2D eigenvalue weighted by Gasteiger charge is 2.34. The van der Waals surface area contributed by atoms with Crippen LogP contribution in [0.5, 0.6) is 0 Å². The number of hydrogen-bond donors (Lipinski definition) is 1. The van der Waals surface area contributed by atoms with E-state index in [9.17, 15) is 17.6 Å². The maximum atomic E-state index is 14.1. The van der Waals surface area contributed by atoms with Crippen molar-refractivity contribution in [1.82, 2.24) is 20.2 Å². The Kier molecular flexibility index (Phi) is 4.52. The molecule has 2 aromatic heterocycles. The fraction of sp³-hybridized carbons (Fsp3) is 0.214. The van der Waals surface area contributed by atoms with E-state index in [1.807, 2.05) is 6.92 Å². The SMILES string of the molecule is CCc1nc(Sc2cc(C(F)(F)F)nc3c(F)cc(Br)cc23)n[nH]1. The van der Waals surface area contributed by atoms with Crippen molar-refractivity contribution < 1.29 is 17.6 Å². The van der Waals surface area contributed by atoms with Gasteiger partial charge in [-0.1, -0.05) is 22.9 Å². The van der Waals surface area contributed by atoms with Crippen LogP contribution in [0.3, 0.4) is 0 Å². The molecule has 24 heavy (non-hydrogen) atoms. The van der Waals surface area contributed by atoms with Gasteiger partial charge in [0.1, 0.15) is 17.0 Å². The fourth-order valence-corrected chi connectivity index (χ4v) is 3.34. The third-order valence-corrected chi connectivity index (χ3v) is 4.51. The average molecular weight is 421 g/mol. The first-order valence-corrected chi connectivity index (χ1v) is 8.35. The first kappa shape index (κ1) is 17.2. The van der Waals surface area contributed by atoms with Crippen molar-refractivity contribution in [3.05, 3.63) is 40.0 Å². The molecule has 0 saturated heterocycles. The van der Waals surface area contributed by atoms with Crippen LogP contribution in [-0.4, -0.2) is 20.2 Å². The van der Waals surface area contributed by atoms with E-state index in [4.69, 9.17) is 0 Å². The molecule has 0 bridgehead atoms. The molecule has 0 aliphatic rings. The third kappa shape index (κ3) is 3.39. The largest absolute Gasteiger partial charge is 0.433 e. The Balaban J connectivity index is 2.19. The van der Waals surface area contributed by atoms with Gasteiger partial charge in [-0.15, -0.1) is 5.10 Å². The van der Waals surface area contributed by atoms with Crippen molar-refractivity contribution in [2.24, 2.45) is 0 Å². The molecule has 1 N–H and O–H groups in total. The van der Waals surface area contributed by atoms with Crippen molar-refractivity contribution >= 4 is 38.6 Å². The van der Waals surface area contributed by atoms with Gasteiger partial charge in [0.05, 0.1) is 0 Å². The molecule has 0 aliphatic heterocycles. The molecule has 4 nitrogen and oxygen atoms in total. The van der Waals surface area contributed by atoms with Crippen LogP contribution in [0.4, 0.5) is 17.6 Å². The van der Waals surface area contributed by atoms with E-state index in [1.54, 1.807) is 0 Å². The molecule has 3 aromatic rings. The number of hydrogen-bond acceptors (Lipinski definition) is 4. The Morgan fingerprint density at radius 3 is 2.58 bits per heavy atom. The van der Waals surface area contributed by atoms with Crippen LogP contribution in [0.1, 0.15) is 18.4 Å². The molecule has 0 spiro atoms. The summed E-state index contributed by atoms with van der Waals surface area (Å²) in [6, 6.07) is 3.47. The fourth-order valence-electron chi connectivity index (χ4n) is 2.03. The van der Waals surface area contributed by atoms with Gasteiger partial charge in [0, 0.05) is 21.2 Å². The van der Waals surface area contributed by atoms with Gasteiger partial charge >= 0.3 is 6.18 Å². The molecule has 10 heteroatoms. The van der Waals surface area contributed by atoms with Crippen LogP contribution in [-0.2, 0) is 12.6 Å². The van der Waals surface area contributed by atoms with E-state index in [0.29, 0.717) is 16.7 Å². The number of halogens is 5. The summed E-state index contributed by atoms with van der Waals surface area (Å²) in [6.07, 6.45) is -4.07. The molecule has 2 heterocycles. The third-order valence-electron chi connectivity index (χ3n) is 3.13. The van der Waals surface area contributed by atoms with Crippen molar-refractivity contribution in [1.29, 1.82) is 0 Å². The molecule has 0 atom stereocenters. The van der Waals surface area contributed by atoms with Gasteiger partial charge in [-0.2, -0.15) is 13.2 Å². The van der Waals surface area contributed by atoms with Gasteiger partial charge in [-0.3, -0.25) is 5.10 Å². The number of aromatic amines is 1. The van der Waals surface area contributed by atoms with Crippen LogP contribution in [0.15, 0.2) is 32.7 Å². The second-order valence-corrected chi connectivity index (χ2v) is 6.73. The number of rotatable bonds is 3. The molecule has 0 radical (unpaired) electrons. The van der Waals surface area contributed by atoms with Crippen molar-refractivity contribution in [2.45, 2.75) is 29.6 Å². The first-order chi connectivity index (χ1) is 11.3. The number of H-pyrrole nitrogens is 1. The highest BCUT2D eigenvalue weighted by molar-refractivity contribution is 9.10. The lowest BCUT2D eigenvalue weighted by Crippen LogP contribution is -2.09. The molecule has 126 valence electrons. The summed E-state index contributed by atoms with van der Waals surface area (Å²) >= 11 is 4.06. The lowest BCUT2D eigenvalue weighted by atomic mass is 10.2. The minimum absolute atomic E-state index is 0.175. The highest BCUT2D eigenvalue weighted by atomic mass is 79.9. The van der Waals surface area contributed by atoms with Crippen molar-refractivity contribution in [3.63, 3.8) is 0 Å². The van der Waals surface area contributed by atoms with Crippen LogP contribution in [0.2, 0.25) is 0 Å². The Hall–Kier alpha value is -1.68. The monoisotopic (exact) mass is 420 g/mol. The maximum Gasteiger partial charge on any atom is 0.433 e. The van der Waals surface area contributed by atoms with E-state index in [2.05, 4.69) is 36.1 Å². The number of nitrogens with one attached hydrogen (secondary N) is 1. The molecule has 0 saturated carbocycles. The zero-order valence-electron chi connectivity index (χ0n) is 12.1. The Morgan fingerprint density at radius 1 is 1.21 bits per heavy atom. The predicted octanol–water partition coefficient (Wildman–Crippen LogP) is 4.99. The molecule has 3 rings (SSSR count). The van der Waals surface area contributed by atoms with Crippen molar-refractivity contribution in [2.75, 3.05) is 0 Å². The van der Waals surface area contributed by atoms with Gasteiger partial charge in [0.25, 0.3) is 0 Å². The smallest absolute Gasteiger partial charge is 0.262 e. The van der Waals surface area contributed by atoms with E-state index >= 15 is 0 Å².